The predicted octanol–water partition coefficient (Wildman–Crippen LogP) is 2.51. The highest BCUT2D eigenvalue weighted by Crippen LogP contribution is 2.38. The number of thiophene rings is 1. The smallest absolute Gasteiger partial charge is 0.344 e. The average Bonchev–Trinajstić information content (AvgIpc) is 3.21. The first-order valence-corrected chi connectivity index (χ1v) is 9.76. The molecule has 7 nitrogen and oxygen atoms in total. The van der Waals surface area contributed by atoms with E-state index < -0.39 is 24.4 Å². The van der Waals surface area contributed by atoms with Crippen molar-refractivity contribution in [2.45, 2.75) is 33.1 Å². The number of ether oxygens (including phenoxy) is 2. The fourth-order valence-corrected chi connectivity index (χ4v) is 4.36. The third kappa shape index (κ3) is 4.51. The topological polar surface area (TPSA) is 108 Å². The van der Waals surface area contributed by atoms with Crippen LogP contribution in [0.3, 0.4) is 0 Å². The summed E-state index contributed by atoms with van der Waals surface area (Å²) in [6, 6.07) is 5.50. The highest BCUT2D eigenvalue weighted by atomic mass is 32.1. The summed E-state index contributed by atoms with van der Waals surface area (Å²) in [4.78, 5) is 36.7. The Bertz CT molecular complexity index is 935. The number of fused-ring (bicyclic) bond motifs is 1. The zero-order valence-electron chi connectivity index (χ0n) is 15.8. The molecule has 1 aliphatic carbocycles. The molecule has 1 aromatic carbocycles. The number of carbonyl (C=O) groups is 3. The van der Waals surface area contributed by atoms with Gasteiger partial charge in [-0.3, -0.25) is 9.59 Å². The molecule has 3 N–H and O–H groups in total. The highest BCUT2D eigenvalue weighted by Gasteiger charge is 2.26. The molecule has 0 aliphatic heterocycles. The number of nitrogens with two attached hydrogens (primary N) is 1. The summed E-state index contributed by atoms with van der Waals surface area (Å²) in [5.74, 6) is -1.18. The van der Waals surface area contributed by atoms with Crippen LogP contribution in [0.15, 0.2) is 18.2 Å². The Morgan fingerprint density at radius 1 is 1.14 bits per heavy atom. The van der Waals surface area contributed by atoms with Crippen molar-refractivity contribution >= 4 is 34.1 Å². The maximum absolute atomic E-state index is 12.1. The van der Waals surface area contributed by atoms with E-state index in [9.17, 15) is 14.4 Å². The molecule has 0 saturated heterocycles. The molecule has 28 heavy (non-hydrogen) atoms. The second kappa shape index (κ2) is 8.43. The van der Waals surface area contributed by atoms with Crippen molar-refractivity contribution in [3.8, 4) is 5.75 Å². The van der Waals surface area contributed by atoms with Crippen LogP contribution in [0.2, 0.25) is 0 Å². The third-order valence-corrected chi connectivity index (χ3v) is 5.83. The van der Waals surface area contributed by atoms with Gasteiger partial charge in [-0.1, -0.05) is 6.07 Å². The molecule has 1 aliphatic rings. The van der Waals surface area contributed by atoms with Crippen LogP contribution < -0.4 is 15.8 Å². The van der Waals surface area contributed by atoms with Gasteiger partial charge in [-0.2, -0.15) is 0 Å². The number of esters is 1. The zero-order valence-corrected chi connectivity index (χ0v) is 16.6. The molecular formula is C20H22N2O5S. The summed E-state index contributed by atoms with van der Waals surface area (Å²) in [5, 5.41) is 3.05. The molecule has 0 bridgehead atoms. The summed E-state index contributed by atoms with van der Waals surface area (Å²) in [6.45, 7) is 3.18. The first kappa shape index (κ1) is 19.9. The molecule has 0 saturated carbocycles. The molecular weight excluding hydrogens is 380 g/mol. The fourth-order valence-electron chi connectivity index (χ4n) is 3.05. The lowest BCUT2D eigenvalue weighted by Gasteiger charge is -2.09. The summed E-state index contributed by atoms with van der Waals surface area (Å²) < 4.78 is 10.3. The number of primary amides is 1. The number of amides is 2. The summed E-state index contributed by atoms with van der Waals surface area (Å²) >= 11 is 1.35. The van der Waals surface area contributed by atoms with Gasteiger partial charge < -0.3 is 20.5 Å². The first-order chi connectivity index (χ1) is 13.3. The van der Waals surface area contributed by atoms with Gasteiger partial charge in [-0.05, 0) is 61.9 Å². The van der Waals surface area contributed by atoms with E-state index in [1.165, 1.54) is 11.3 Å². The minimum absolute atomic E-state index is 0.296. The summed E-state index contributed by atoms with van der Waals surface area (Å²) in [5.41, 5.74) is 8.93. The van der Waals surface area contributed by atoms with Crippen LogP contribution in [0.4, 0.5) is 5.00 Å². The Kier molecular flexibility index (Phi) is 5.99. The van der Waals surface area contributed by atoms with Crippen molar-refractivity contribution in [1.82, 2.24) is 0 Å². The molecule has 1 heterocycles. The molecule has 0 atom stereocenters. The van der Waals surface area contributed by atoms with Gasteiger partial charge in [-0.25, -0.2) is 4.79 Å². The molecule has 2 aromatic rings. The summed E-state index contributed by atoms with van der Waals surface area (Å²) in [7, 11) is 0. The van der Waals surface area contributed by atoms with E-state index in [4.69, 9.17) is 15.2 Å². The molecule has 8 heteroatoms. The molecule has 0 unspecified atom stereocenters. The van der Waals surface area contributed by atoms with Gasteiger partial charge >= 0.3 is 5.97 Å². The number of anilines is 1. The van der Waals surface area contributed by atoms with E-state index in [2.05, 4.69) is 5.32 Å². The molecule has 1 aromatic heterocycles. The maximum atomic E-state index is 12.1. The van der Waals surface area contributed by atoms with E-state index in [0.717, 1.165) is 40.8 Å². The Labute approximate surface area is 166 Å². The van der Waals surface area contributed by atoms with E-state index in [1.807, 2.05) is 26.0 Å². The number of hydrogen-bond donors (Lipinski definition) is 2. The van der Waals surface area contributed by atoms with Crippen molar-refractivity contribution < 1.29 is 23.9 Å². The molecule has 0 fully saturated rings. The summed E-state index contributed by atoms with van der Waals surface area (Å²) in [6.07, 6.45) is 2.64. The number of aryl methyl sites for hydroxylation is 3. The lowest BCUT2D eigenvalue weighted by molar-refractivity contribution is -0.149. The van der Waals surface area contributed by atoms with Crippen molar-refractivity contribution in [3.63, 3.8) is 0 Å². The van der Waals surface area contributed by atoms with Crippen LogP contribution in [-0.2, 0) is 27.2 Å². The standard InChI is InChI=1S/C20H22N2O5S/c1-11-6-7-13(8-12(11)2)26-10-17(24)27-9-16(23)22-20-18(19(21)25)14-4-3-5-15(14)28-20/h6-8H,3-5,9-10H2,1-2H3,(H2,21,25)(H,22,23). The Balaban J connectivity index is 1.50. The van der Waals surface area contributed by atoms with Crippen LogP contribution in [0.25, 0.3) is 0 Å². The second-order valence-corrected chi connectivity index (χ2v) is 7.77. The van der Waals surface area contributed by atoms with E-state index in [1.54, 1.807) is 6.07 Å². The normalized spacial score (nSPS) is 12.4. The Hall–Kier alpha value is -2.87. The Morgan fingerprint density at radius 2 is 1.93 bits per heavy atom. The molecule has 0 radical (unpaired) electrons. The van der Waals surface area contributed by atoms with Crippen LogP contribution in [0, 0.1) is 13.8 Å². The van der Waals surface area contributed by atoms with Gasteiger partial charge in [0.25, 0.3) is 11.8 Å². The quantitative estimate of drug-likeness (QED) is 0.692. The highest BCUT2D eigenvalue weighted by molar-refractivity contribution is 7.17. The van der Waals surface area contributed by atoms with Gasteiger partial charge in [0, 0.05) is 4.88 Å². The van der Waals surface area contributed by atoms with E-state index >= 15 is 0 Å². The second-order valence-electron chi connectivity index (χ2n) is 6.67. The minimum atomic E-state index is -0.655. The predicted molar refractivity (Wildman–Crippen MR) is 106 cm³/mol. The maximum Gasteiger partial charge on any atom is 0.344 e. The van der Waals surface area contributed by atoms with Crippen LogP contribution in [-0.4, -0.2) is 31.0 Å². The van der Waals surface area contributed by atoms with Crippen molar-refractivity contribution in [1.29, 1.82) is 0 Å². The van der Waals surface area contributed by atoms with Gasteiger partial charge in [0.15, 0.2) is 13.2 Å². The van der Waals surface area contributed by atoms with Crippen molar-refractivity contribution in [3.05, 3.63) is 45.3 Å². The molecule has 2 amide bonds. The Morgan fingerprint density at radius 3 is 2.64 bits per heavy atom. The van der Waals surface area contributed by atoms with Crippen LogP contribution in [0.1, 0.15) is 38.3 Å². The van der Waals surface area contributed by atoms with E-state index in [-0.39, 0.29) is 6.61 Å². The van der Waals surface area contributed by atoms with Crippen LogP contribution >= 0.6 is 11.3 Å². The van der Waals surface area contributed by atoms with Crippen LogP contribution in [0.5, 0.6) is 5.75 Å². The number of nitrogens with one attached hydrogen (secondary N) is 1. The first-order valence-electron chi connectivity index (χ1n) is 8.95. The largest absolute Gasteiger partial charge is 0.482 e. The number of carbonyl (C=O) groups excluding carboxylic acids is 3. The molecule has 0 spiro atoms. The number of hydrogen-bond acceptors (Lipinski definition) is 6. The lowest BCUT2D eigenvalue weighted by atomic mass is 10.1. The lowest BCUT2D eigenvalue weighted by Crippen LogP contribution is -2.24. The minimum Gasteiger partial charge on any atom is -0.482 e. The van der Waals surface area contributed by atoms with Gasteiger partial charge in [-0.15, -0.1) is 11.3 Å². The molecule has 148 valence electrons. The average molecular weight is 402 g/mol. The zero-order chi connectivity index (χ0) is 20.3. The van der Waals surface area contributed by atoms with Crippen molar-refractivity contribution in [2.24, 2.45) is 5.73 Å². The SMILES string of the molecule is Cc1ccc(OCC(=O)OCC(=O)Nc2sc3c(c2C(N)=O)CCC3)cc1C. The van der Waals surface area contributed by atoms with Gasteiger partial charge in [0.1, 0.15) is 10.8 Å². The molecule has 3 rings (SSSR count). The van der Waals surface area contributed by atoms with Gasteiger partial charge in [0.2, 0.25) is 0 Å². The monoisotopic (exact) mass is 402 g/mol. The third-order valence-electron chi connectivity index (χ3n) is 4.62. The van der Waals surface area contributed by atoms with Gasteiger partial charge in [0.05, 0.1) is 5.56 Å². The fraction of sp³-hybridized carbons (Fsp3) is 0.350. The van der Waals surface area contributed by atoms with Crippen molar-refractivity contribution in [2.75, 3.05) is 18.5 Å². The van der Waals surface area contributed by atoms with E-state index in [0.29, 0.717) is 16.3 Å². The number of benzene rings is 1. The number of rotatable bonds is 7.